The van der Waals surface area contributed by atoms with E-state index < -0.39 is 5.92 Å². The Labute approximate surface area is 78.5 Å². The van der Waals surface area contributed by atoms with Crippen LogP contribution >= 0.6 is 0 Å². The zero-order valence-corrected chi connectivity index (χ0v) is 8.41. The van der Waals surface area contributed by atoms with Crippen LogP contribution in [0.5, 0.6) is 0 Å². The zero-order valence-electron chi connectivity index (χ0n) is 8.41. The Kier molecular flexibility index (Phi) is 3.28. The van der Waals surface area contributed by atoms with Gasteiger partial charge in [0.25, 0.3) is 0 Å². The minimum atomic E-state index is -2.48. The van der Waals surface area contributed by atoms with E-state index in [9.17, 15) is 8.78 Å². The highest BCUT2D eigenvalue weighted by Gasteiger charge is 2.34. The van der Waals surface area contributed by atoms with Gasteiger partial charge in [0.15, 0.2) is 0 Å². The lowest BCUT2D eigenvalue weighted by molar-refractivity contribution is -0.0234. The second kappa shape index (κ2) is 3.91. The van der Waals surface area contributed by atoms with E-state index in [1.807, 2.05) is 6.92 Å². The van der Waals surface area contributed by atoms with Gasteiger partial charge in [0, 0.05) is 19.4 Å². The van der Waals surface area contributed by atoms with Crippen molar-refractivity contribution >= 4 is 0 Å². The van der Waals surface area contributed by atoms with Gasteiger partial charge in [-0.3, -0.25) is 0 Å². The molecule has 1 rings (SSSR count). The smallest absolute Gasteiger partial charge is 0.247 e. The maximum Gasteiger partial charge on any atom is 0.247 e. The zero-order chi connectivity index (χ0) is 9.95. The van der Waals surface area contributed by atoms with Crippen LogP contribution in [0.2, 0.25) is 0 Å². The summed E-state index contributed by atoms with van der Waals surface area (Å²) in [5.41, 5.74) is -0.00139. The van der Waals surface area contributed by atoms with E-state index in [0.717, 1.165) is 13.0 Å². The lowest BCUT2D eigenvalue weighted by Crippen LogP contribution is -2.22. The quantitative estimate of drug-likeness (QED) is 0.664. The molecule has 1 atom stereocenters. The van der Waals surface area contributed by atoms with Crippen LogP contribution in [0.3, 0.4) is 0 Å². The van der Waals surface area contributed by atoms with Crippen LogP contribution in [-0.4, -0.2) is 19.1 Å². The molecular weight excluding hydrogens is 174 g/mol. The number of hydrogen-bond acceptors (Lipinski definition) is 1. The van der Waals surface area contributed by atoms with Gasteiger partial charge in [-0.15, -0.1) is 0 Å². The van der Waals surface area contributed by atoms with Gasteiger partial charge in [0.05, 0.1) is 6.61 Å². The molecule has 78 valence electrons. The molecule has 1 unspecified atom stereocenters. The van der Waals surface area contributed by atoms with Crippen molar-refractivity contribution in [3.63, 3.8) is 0 Å². The van der Waals surface area contributed by atoms with Crippen molar-refractivity contribution in [3.05, 3.63) is 0 Å². The predicted molar refractivity (Wildman–Crippen MR) is 48.0 cm³/mol. The number of alkyl halides is 2. The molecule has 0 aromatic heterocycles. The largest absolute Gasteiger partial charge is 0.381 e. The molecule has 0 aromatic rings. The first kappa shape index (κ1) is 10.9. The molecule has 0 aliphatic carbocycles. The summed E-state index contributed by atoms with van der Waals surface area (Å²) in [4.78, 5) is 0. The summed E-state index contributed by atoms with van der Waals surface area (Å²) in [7, 11) is 0. The number of ether oxygens (including phenoxy) is 1. The van der Waals surface area contributed by atoms with Crippen molar-refractivity contribution < 1.29 is 13.5 Å². The lowest BCUT2D eigenvalue weighted by atomic mass is 9.83. The molecule has 1 saturated heterocycles. The summed E-state index contributed by atoms with van der Waals surface area (Å²) in [6.07, 6.45) is 1.45. The third-order valence-electron chi connectivity index (χ3n) is 2.91. The third-order valence-corrected chi connectivity index (χ3v) is 2.91. The van der Waals surface area contributed by atoms with Crippen molar-refractivity contribution in [1.82, 2.24) is 0 Å². The van der Waals surface area contributed by atoms with Crippen molar-refractivity contribution in [2.75, 3.05) is 13.2 Å². The summed E-state index contributed by atoms with van der Waals surface area (Å²) >= 11 is 0. The molecule has 0 spiro atoms. The Morgan fingerprint density at radius 2 is 2.15 bits per heavy atom. The molecule has 0 bridgehead atoms. The summed E-state index contributed by atoms with van der Waals surface area (Å²) in [5.74, 6) is -2.48. The van der Waals surface area contributed by atoms with Gasteiger partial charge < -0.3 is 4.74 Å². The van der Waals surface area contributed by atoms with Crippen LogP contribution < -0.4 is 0 Å². The standard InChI is InChI=1S/C10H18F2O/c1-3-10(11,12)5-4-9(2)6-7-13-8-9/h3-8H2,1-2H3. The van der Waals surface area contributed by atoms with E-state index in [-0.39, 0.29) is 18.3 Å². The maximum absolute atomic E-state index is 12.9. The molecule has 0 amide bonds. The molecule has 1 fully saturated rings. The highest BCUT2D eigenvalue weighted by Crippen LogP contribution is 2.37. The average molecular weight is 192 g/mol. The van der Waals surface area contributed by atoms with E-state index in [4.69, 9.17) is 4.74 Å². The molecule has 0 saturated carbocycles. The van der Waals surface area contributed by atoms with Crippen molar-refractivity contribution in [2.45, 2.75) is 45.5 Å². The Hall–Kier alpha value is -0.180. The average Bonchev–Trinajstić information content (AvgIpc) is 2.50. The Balaban J connectivity index is 2.32. The first-order valence-electron chi connectivity index (χ1n) is 4.93. The highest BCUT2D eigenvalue weighted by molar-refractivity contribution is 4.80. The van der Waals surface area contributed by atoms with Crippen LogP contribution in [0.15, 0.2) is 0 Å². The minimum Gasteiger partial charge on any atom is -0.381 e. The molecular formula is C10H18F2O. The number of hydrogen-bond donors (Lipinski definition) is 0. The van der Waals surface area contributed by atoms with Crippen LogP contribution in [0, 0.1) is 5.41 Å². The second-order valence-corrected chi connectivity index (χ2v) is 4.32. The monoisotopic (exact) mass is 192 g/mol. The van der Waals surface area contributed by atoms with Crippen LogP contribution in [0.25, 0.3) is 0 Å². The summed E-state index contributed by atoms with van der Waals surface area (Å²) < 4.78 is 31.1. The highest BCUT2D eigenvalue weighted by atomic mass is 19.3. The Morgan fingerprint density at radius 1 is 1.46 bits per heavy atom. The van der Waals surface area contributed by atoms with E-state index >= 15 is 0 Å². The van der Waals surface area contributed by atoms with Crippen molar-refractivity contribution in [1.29, 1.82) is 0 Å². The fourth-order valence-electron chi connectivity index (χ4n) is 1.57. The molecule has 0 aromatic carbocycles. The molecule has 1 aliphatic heterocycles. The second-order valence-electron chi connectivity index (χ2n) is 4.32. The maximum atomic E-state index is 12.9. The third kappa shape index (κ3) is 3.22. The van der Waals surface area contributed by atoms with Crippen LogP contribution in [0.1, 0.15) is 39.5 Å². The minimum absolute atomic E-state index is 0.00139. The first-order valence-corrected chi connectivity index (χ1v) is 4.93. The van der Waals surface area contributed by atoms with Gasteiger partial charge in [0.1, 0.15) is 0 Å². The van der Waals surface area contributed by atoms with Crippen LogP contribution in [-0.2, 0) is 4.74 Å². The van der Waals surface area contributed by atoms with Crippen molar-refractivity contribution in [3.8, 4) is 0 Å². The summed E-state index contributed by atoms with van der Waals surface area (Å²) in [6.45, 7) is 4.94. The SMILES string of the molecule is CCC(F)(F)CCC1(C)CCOC1. The van der Waals surface area contributed by atoms with E-state index in [1.54, 1.807) is 0 Å². The molecule has 3 heteroatoms. The van der Waals surface area contributed by atoms with E-state index in [2.05, 4.69) is 0 Å². The van der Waals surface area contributed by atoms with Gasteiger partial charge in [0.2, 0.25) is 5.92 Å². The Bertz CT molecular complexity index is 162. The molecule has 0 radical (unpaired) electrons. The summed E-state index contributed by atoms with van der Waals surface area (Å²) in [6, 6.07) is 0. The summed E-state index contributed by atoms with van der Waals surface area (Å²) in [5, 5.41) is 0. The van der Waals surface area contributed by atoms with Crippen molar-refractivity contribution in [2.24, 2.45) is 5.41 Å². The van der Waals surface area contributed by atoms with Gasteiger partial charge in [-0.05, 0) is 18.3 Å². The normalized spacial score (nSPS) is 29.5. The van der Waals surface area contributed by atoms with Gasteiger partial charge in [-0.2, -0.15) is 0 Å². The fraction of sp³-hybridized carbons (Fsp3) is 1.00. The van der Waals surface area contributed by atoms with E-state index in [0.29, 0.717) is 13.0 Å². The molecule has 1 aliphatic rings. The molecule has 0 N–H and O–H groups in total. The van der Waals surface area contributed by atoms with Gasteiger partial charge in [-0.25, -0.2) is 8.78 Å². The lowest BCUT2D eigenvalue weighted by Gasteiger charge is -2.24. The molecule has 13 heavy (non-hydrogen) atoms. The Morgan fingerprint density at radius 3 is 2.62 bits per heavy atom. The van der Waals surface area contributed by atoms with Gasteiger partial charge >= 0.3 is 0 Å². The molecule has 1 heterocycles. The number of rotatable bonds is 4. The predicted octanol–water partition coefficient (Wildman–Crippen LogP) is 3.24. The topological polar surface area (TPSA) is 9.23 Å². The van der Waals surface area contributed by atoms with Gasteiger partial charge in [-0.1, -0.05) is 13.8 Å². The van der Waals surface area contributed by atoms with E-state index in [1.165, 1.54) is 6.92 Å². The first-order chi connectivity index (χ1) is 5.97. The molecule has 1 nitrogen and oxygen atoms in total. The number of halogens is 2. The van der Waals surface area contributed by atoms with Crippen LogP contribution in [0.4, 0.5) is 8.78 Å². The fourth-order valence-corrected chi connectivity index (χ4v) is 1.57.